The van der Waals surface area contributed by atoms with Gasteiger partial charge in [-0.1, -0.05) is 43.7 Å². The molecule has 1 N–H and O–H groups in total. The minimum Gasteiger partial charge on any atom is -0.342 e. The van der Waals surface area contributed by atoms with Crippen molar-refractivity contribution in [3.63, 3.8) is 0 Å². The largest absolute Gasteiger partial charge is 0.342 e. The monoisotopic (exact) mass is 340 g/mol. The van der Waals surface area contributed by atoms with Crippen molar-refractivity contribution in [2.75, 3.05) is 13.1 Å². The third-order valence-corrected chi connectivity index (χ3v) is 6.90. The number of amides is 1. The molecule has 1 aliphatic heterocycles. The zero-order valence-electron chi connectivity index (χ0n) is 15.5. The summed E-state index contributed by atoms with van der Waals surface area (Å²) in [4.78, 5) is 15.1. The summed E-state index contributed by atoms with van der Waals surface area (Å²) in [5.74, 6) is 2.29. The molecule has 3 fully saturated rings. The molecular weight excluding hydrogens is 308 g/mol. The number of likely N-dealkylation sites (tertiary alicyclic amines) is 1. The summed E-state index contributed by atoms with van der Waals surface area (Å²) in [6.45, 7) is 3.96. The average molecular weight is 341 g/mol. The van der Waals surface area contributed by atoms with E-state index in [1.165, 1.54) is 25.7 Å². The van der Waals surface area contributed by atoms with Gasteiger partial charge in [-0.2, -0.15) is 0 Å². The van der Waals surface area contributed by atoms with E-state index >= 15 is 0 Å². The van der Waals surface area contributed by atoms with Crippen LogP contribution in [0.1, 0.15) is 63.4 Å². The Hall–Kier alpha value is -1.35. The second-order valence-electron chi connectivity index (χ2n) is 8.42. The highest BCUT2D eigenvalue weighted by molar-refractivity contribution is 5.83. The maximum atomic E-state index is 13.0. The molecule has 4 rings (SSSR count). The maximum Gasteiger partial charge on any atom is 0.230 e. The Morgan fingerprint density at radius 1 is 1.12 bits per heavy atom. The molecule has 4 atom stereocenters. The molecule has 2 bridgehead atoms. The highest BCUT2D eigenvalue weighted by atomic mass is 16.2. The highest BCUT2D eigenvalue weighted by Gasteiger charge is 2.40. The minimum atomic E-state index is 0.0243. The molecule has 2 saturated carbocycles. The molecule has 1 amide bonds. The van der Waals surface area contributed by atoms with Crippen molar-refractivity contribution in [1.82, 2.24) is 10.2 Å². The van der Waals surface area contributed by atoms with Gasteiger partial charge in [0, 0.05) is 25.2 Å². The highest BCUT2D eigenvalue weighted by Crippen LogP contribution is 2.44. The topological polar surface area (TPSA) is 32.3 Å². The van der Waals surface area contributed by atoms with Crippen molar-refractivity contribution in [1.29, 1.82) is 0 Å². The summed E-state index contributed by atoms with van der Waals surface area (Å²) in [5.41, 5.74) is 1.16. The molecule has 1 aromatic rings. The van der Waals surface area contributed by atoms with Gasteiger partial charge >= 0.3 is 0 Å². The molecule has 2 aliphatic carbocycles. The SMILES string of the molecule is CC[C@H](C(=O)N1CCC(N[C@@H]2C[C@H]3CC[C@H]2C3)CC1)c1ccccc1. The van der Waals surface area contributed by atoms with E-state index in [0.29, 0.717) is 11.9 Å². The maximum absolute atomic E-state index is 13.0. The van der Waals surface area contributed by atoms with Crippen LogP contribution in [0.2, 0.25) is 0 Å². The van der Waals surface area contributed by atoms with Gasteiger partial charge in [0.15, 0.2) is 0 Å². The summed E-state index contributed by atoms with van der Waals surface area (Å²) < 4.78 is 0. The predicted octanol–water partition coefficient (Wildman–Crippen LogP) is 3.95. The number of hydrogen-bond donors (Lipinski definition) is 1. The molecular formula is C22H32N2O. The molecule has 0 spiro atoms. The van der Waals surface area contributed by atoms with E-state index in [9.17, 15) is 4.79 Å². The first-order chi connectivity index (χ1) is 12.2. The Kier molecular flexibility index (Phi) is 5.12. The van der Waals surface area contributed by atoms with Crippen molar-refractivity contribution < 1.29 is 4.79 Å². The lowest BCUT2D eigenvalue weighted by Crippen LogP contribution is -2.49. The number of hydrogen-bond acceptors (Lipinski definition) is 2. The Balaban J connectivity index is 1.30. The van der Waals surface area contributed by atoms with Crippen LogP contribution in [0.15, 0.2) is 30.3 Å². The van der Waals surface area contributed by atoms with Gasteiger partial charge in [-0.15, -0.1) is 0 Å². The van der Waals surface area contributed by atoms with Crippen LogP contribution in [-0.2, 0) is 4.79 Å². The number of benzene rings is 1. The van der Waals surface area contributed by atoms with E-state index in [1.54, 1.807) is 0 Å². The van der Waals surface area contributed by atoms with Crippen LogP contribution in [0.3, 0.4) is 0 Å². The lowest BCUT2D eigenvalue weighted by Gasteiger charge is -2.37. The molecule has 0 unspecified atom stereocenters. The molecule has 25 heavy (non-hydrogen) atoms. The molecule has 1 aromatic carbocycles. The van der Waals surface area contributed by atoms with Crippen molar-refractivity contribution in [2.45, 2.75) is 69.9 Å². The van der Waals surface area contributed by atoms with E-state index in [0.717, 1.165) is 55.8 Å². The van der Waals surface area contributed by atoms with Crippen LogP contribution in [0, 0.1) is 11.8 Å². The first kappa shape index (κ1) is 17.1. The van der Waals surface area contributed by atoms with Crippen LogP contribution < -0.4 is 5.32 Å². The molecule has 0 aromatic heterocycles. The lowest BCUT2D eigenvalue weighted by molar-refractivity contribution is -0.134. The molecule has 3 heteroatoms. The summed E-state index contributed by atoms with van der Waals surface area (Å²) in [6.07, 6.45) is 8.88. The fourth-order valence-electron chi connectivity index (χ4n) is 5.48. The number of fused-ring (bicyclic) bond motifs is 2. The Bertz CT molecular complexity index is 579. The first-order valence-electron chi connectivity index (χ1n) is 10.3. The lowest BCUT2D eigenvalue weighted by atomic mass is 9.92. The minimum absolute atomic E-state index is 0.0243. The Labute approximate surface area is 152 Å². The van der Waals surface area contributed by atoms with Crippen molar-refractivity contribution >= 4 is 5.91 Å². The third kappa shape index (κ3) is 3.62. The predicted molar refractivity (Wildman–Crippen MR) is 101 cm³/mol. The second kappa shape index (κ2) is 7.49. The van der Waals surface area contributed by atoms with E-state index in [-0.39, 0.29) is 5.92 Å². The zero-order valence-corrected chi connectivity index (χ0v) is 15.5. The van der Waals surface area contributed by atoms with E-state index in [2.05, 4.69) is 29.3 Å². The van der Waals surface area contributed by atoms with Gasteiger partial charge in [0.05, 0.1) is 5.92 Å². The quantitative estimate of drug-likeness (QED) is 0.880. The number of nitrogens with one attached hydrogen (secondary N) is 1. The van der Waals surface area contributed by atoms with Crippen LogP contribution >= 0.6 is 0 Å². The van der Waals surface area contributed by atoms with Gasteiger partial charge in [0.25, 0.3) is 0 Å². The summed E-state index contributed by atoms with van der Waals surface area (Å²) >= 11 is 0. The zero-order chi connectivity index (χ0) is 17.2. The number of carbonyl (C=O) groups excluding carboxylic acids is 1. The molecule has 136 valence electrons. The standard InChI is InChI=1S/C22H32N2O/c1-2-20(17-6-4-3-5-7-17)22(25)24-12-10-19(11-13-24)23-21-15-16-8-9-18(21)14-16/h3-7,16,18-21,23H,2,8-15H2,1H3/t16-,18-,20-,21+/m0/s1. The fourth-order valence-corrected chi connectivity index (χ4v) is 5.48. The van der Waals surface area contributed by atoms with Crippen LogP contribution in [-0.4, -0.2) is 36.0 Å². The normalized spacial score (nSPS) is 30.6. The van der Waals surface area contributed by atoms with Crippen LogP contribution in [0.25, 0.3) is 0 Å². The third-order valence-electron chi connectivity index (χ3n) is 6.90. The van der Waals surface area contributed by atoms with Crippen molar-refractivity contribution in [3.8, 4) is 0 Å². The molecule has 3 nitrogen and oxygen atoms in total. The van der Waals surface area contributed by atoms with Gasteiger partial charge < -0.3 is 10.2 Å². The number of nitrogens with zero attached hydrogens (tertiary/aromatic N) is 1. The number of carbonyl (C=O) groups is 1. The van der Waals surface area contributed by atoms with Crippen LogP contribution in [0.4, 0.5) is 0 Å². The van der Waals surface area contributed by atoms with E-state index < -0.39 is 0 Å². The van der Waals surface area contributed by atoms with Gasteiger partial charge in [0.1, 0.15) is 0 Å². The van der Waals surface area contributed by atoms with E-state index in [4.69, 9.17) is 0 Å². The fraction of sp³-hybridized carbons (Fsp3) is 0.682. The molecule has 1 saturated heterocycles. The summed E-state index contributed by atoms with van der Waals surface area (Å²) in [7, 11) is 0. The Morgan fingerprint density at radius 2 is 1.88 bits per heavy atom. The number of piperidine rings is 1. The Morgan fingerprint density at radius 3 is 2.48 bits per heavy atom. The van der Waals surface area contributed by atoms with Gasteiger partial charge in [0.2, 0.25) is 5.91 Å². The van der Waals surface area contributed by atoms with E-state index in [1.807, 2.05) is 18.2 Å². The van der Waals surface area contributed by atoms with Crippen LogP contribution in [0.5, 0.6) is 0 Å². The summed E-state index contributed by atoms with van der Waals surface area (Å²) in [5, 5.41) is 3.95. The van der Waals surface area contributed by atoms with Gasteiger partial charge in [-0.05, 0) is 55.9 Å². The van der Waals surface area contributed by atoms with Gasteiger partial charge in [-0.3, -0.25) is 4.79 Å². The first-order valence-corrected chi connectivity index (χ1v) is 10.3. The number of rotatable bonds is 5. The molecule has 1 heterocycles. The second-order valence-corrected chi connectivity index (χ2v) is 8.42. The molecule has 3 aliphatic rings. The smallest absolute Gasteiger partial charge is 0.230 e. The van der Waals surface area contributed by atoms with Gasteiger partial charge in [-0.25, -0.2) is 0 Å². The summed E-state index contributed by atoms with van der Waals surface area (Å²) in [6, 6.07) is 11.7. The average Bonchev–Trinajstić information content (AvgIpc) is 3.27. The molecule has 0 radical (unpaired) electrons. The van der Waals surface area contributed by atoms with Crippen molar-refractivity contribution in [3.05, 3.63) is 35.9 Å². The van der Waals surface area contributed by atoms with Crippen molar-refractivity contribution in [2.24, 2.45) is 11.8 Å².